The van der Waals surface area contributed by atoms with Gasteiger partial charge in [0.25, 0.3) is 5.91 Å². The van der Waals surface area contributed by atoms with Gasteiger partial charge in [0, 0.05) is 18.0 Å². The van der Waals surface area contributed by atoms with Crippen molar-refractivity contribution in [3.8, 4) is 5.75 Å². The van der Waals surface area contributed by atoms with E-state index in [0.717, 1.165) is 16.0 Å². The van der Waals surface area contributed by atoms with Gasteiger partial charge in [-0.25, -0.2) is 0 Å². The van der Waals surface area contributed by atoms with Crippen LogP contribution in [0.1, 0.15) is 16.0 Å². The summed E-state index contributed by atoms with van der Waals surface area (Å²) in [5, 5.41) is 2.03. The minimum absolute atomic E-state index is 0.0275. The van der Waals surface area contributed by atoms with E-state index in [-0.39, 0.29) is 31.5 Å². The summed E-state index contributed by atoms with van der Waals surface area (Å²) in [5.74, 6) is 0.246. The van der Waals surface area contributed by atoms with E-state index in [1.54, 1.807) is 34.4 Å². The highest BCUT2D eigenvalue weighted by atomic mass is 32.1. The Balaban J connectivity index is 1.69. The van der Waals surface area contributed by atoms with Crippen LogP contribution in [0.25, 0.3) is 0 Å². The summed E-state index contributed by atoms with van der Waals surface area (Å²) in [6.07, 6.45) is 1.62. The van der Waals surface area contributed by atoms with Crippen LogP contribution in [-0.2, 0) is 22.7 Å². The van der Waals surface area contributed by atoms with Crippen molar-refractivity contribution >= 4 is 23.2 Å². The number of hydrogen-bond acceptors (Lipinski definition) is 4. The van der Waals surface area contributed by atoms with Gasteiger partial charge in [0.05, 0.1) is 6.54 Å². The highest BCUT2D eigenvalue weighted by Crippen LogP contribution is 2.20. The van der Waals surface area contributed by atoms with Crippen LogP contribution < -0.4 is 4.74 Å². The largest absolute Gasteiger partial charge is 0.484 e. The van der Waals surface area contributed by atoms with Gasteiger partial charge in [0.2, 0.25) is 5.91 Å². The summed E-state index contributed by atoms with van der Waals surface area (Å²) in [4.78, 5) is 30.5. The average molecular weight is 449 g/mol. The topological polar surface area (TPSA) is 49.9 Å². The quantitative estimate of drug-likeness (QED) is 0.400. The zero-order chi connectivity index (χ0) is 22.8. The van der Waals surface area contributed by atoms with Crippen LogP contribution in [0.3, 0.4) is 0 Å². The Morgan fingerprint density at radius 3 is 2.25 bits per heavy atom. The van der Waals surface area contributed by atoms with Crippen molar-refractivity contribution in [2.24, 2.45) is 0 Å². The van der Waals surface area contributed by atoms with Crippen molar-refractivity contribution in [1.82, 2.24) is 9.80 Å². The van der Waals surface area contributed by atoms with Gasteiger partial charge in [0.1, 0.15) is 12.3 Å². The first-order valence-electron chi connectivity index (χ1n) is 10.5. The molecule has 5 nitrogen and oxygen atoms in total. The second-order valence-electron chi connectivity index (χ2n) is 7.43. The van der Waals surface area contributed by atoms with Crippen molar-refractivity contribution in [1.29, 1.82) is 0 Å². The molecule has 166 valence electrons. The van der Waals surface area contributed by atoms with Crippen molar-refractivity contribution < 1.29 is 14.3 Å². The van der Waals surface area contributed by atoms with Gasteiger partial charge in [0.15, 0.2) is 6.61 Å². The van der Waals surface area contributed by atoms with Crippen LogP contribution in [0.15, 0.2) is 84.8 Å². The molecule has 0 aliphatic heterocycles. The van der Waals surface area contributed by atoms with Gasteiger partial charge in [-0.1, -0.05) is 54.6 Å². The third kappa shape index (κ3) is 6.82. The molecule has 0 unspecified atom stereocenters. The molecular formula is C26H28N2O3S. The fourth-order valence-corrected chi connectivity index (χ4v) is 4.12. The predicted molar refractivity (Wildman–Crippen MR) is 128 cm³/mol. The van der Waals surface area contributed by atoms with E-state index in [2.05, 4.69) is 12.6 Å². The maximum atomic E-state index is 13.3. The van der Waals surface area contributed by atoms with E-state index >= 15 is 0 Å². The Morgan fingerprint density at radius 1 is 0.938 bits per heavy atom. The Morgan fingerprint density at radius 2 is 1.62 bits per heavy atom. The van der Waals surface area contributed by atoms with Gasteiger partial charge in [-0.3, -0.25) is 9.59 Å². The van der Waals surface area contributed by atoms with E-state index in [1.807, 2.05) is 60.8 Å². The third-order valence-corrected chi connectivity index (χ3v) is 6.01. The van der Waals surface area contributed by atoms with Crippen molar-refractivity contribution in [2.75, 3.05) is 19.7 Å². The lowest BCUT2D eigenvalue weighted by Gasteiger charge is -2.27. The van der Waals surface area contributed by atoms with Crippen LogP contribution in [-0.4, -0.2) is 41.3 Å². The Hall–Kier alpha value is -3.38. The lowest BCUT2D eigenvalue weighted by Crippen LogP contribution is -2.44. The van der Waals surface area contributed by atoms with Crippen molar-refractivity contribution in [2.45, 2.75) is 20.0 Å². The van der Waals surface area contributed by atoms with Gasteiger partial charge >= 0.3 is 0 Å². The van der Waals surface area contributed by atoms with Crippen LogP contribution in [0.2, 0.25) is 0 Å². The van der Waals surface area contributed by atoms with Gasteiger partial charge in [-0.2, -0.15) is 0 Å². The SMILES string of the molecule is C=CCN(CC(=O)N(Cc1ccccc1)Cc1sccc1C)C(=O)COc1ccccc1. The zero-order valence-corrected chi connectivity index (χ0v) is 19.1. The molecule has 3 rings (SSSR count). The van der Waals surface area contributed by atoms with E-state index in [0.29, 0.717) is 18.8 Å². The van der Waals surface area contributed by atoms with E-state index in [1.165, 1.54) is 4.90 Å². The minimum Gasteiger partial charge on any atom is -0.484 e. The standard InChI is InChI=1S/C26H28N2O3S/c1-3-15-27(26(30)20-31-23-12-8-5-9-13-23)19-25(29)28(17-22-10-6-4-7-11-22)18-24-21(2)14-16-32-24/h3-14,16H,1,15,17-20H2,2H3. The fourth-order valence-electron chi connectivity index (χ4n) is 3.20. The van der Waals surface area contributed by atoms with Gasteiger partial charge in [-0.05, 0) is 41.6 Å². The number of thiophene rings is 1. The van der Waals surface area contributed by atoms with E-state index < -0.39 is 0 Å². The highest BCUT2D eigenvalue weighted by molar-refractivity contribution is 7.10. The molecule has 0 aliphatic carbocycles. The second-order valence-corrected chi connectivity index (χ2v) is 8.43. The Labute approximate surface area is 193 Å². The maximum Gasteiger partial charge on any atom is 0.261 e. The number of hydrogen-bond donors (Lipinski definition) is 0. The molecule has 0 saturated heterocycles. The first kappa shape index (κ1) is 23.3. The molecule has 0 N–H and O–H groups in total. The molecule has 0 atom stereocenters. The number of para-hydroxylation sites is 1. The van der Waals surface area contributed by atoms with Gasteiger partial charge < -0.3 is 14.5 Å². The number of carbonyl (C=O) groups excluding carboxylic acids is 2. The summed E-state index contributed by atoms with van der Waals surface area (Å²) < 4.78 is 5.59. The molecule has 0 bridgehead atoms. The summed E-state index contributed by atoms with van der Waals surface area (Å²) in [6, 6.07) is 21.1. The van der Waals surface area contributed by atoms with Crippen LogP contribution >= 0.6 is 11.3 Å². The monoisotopic (exact) mass is 448 g/mol. The van der Waals surface area contributed by atoms with Crippen molar-refractivity contribution in [3.05, 3.63) is 101 Å². The molecule has 3 aromatic rings. The number of rotatable bonds is 11. The summed E-state index contributed by atoms with van der Waals surface area (Å²) >= 11 is 1.64. The molecule has 0 saturated carbocycles. The molecule has 6 heteroatoms. The first-order chi connectivity index (χ1) is 15.6. The average Bonchev–Trinajstić information content (AvgIpc) is 3.22. The smallest absolute Gasteiger partial charge is 0.261 e. The Kier molecular flexibility index (Phi) is 8.63. The van der Waals surface area contributed by atoms with Crippen LogP contribution in [0.4, 0.5) is 0 Å². The number of nitrogens with zero attached hydrogens (tertiary/aromatic N) is 2. The fraction of sp³-hybridized carbons (Fsp3) is 0.231. The van der Waals surface area contributed by atoms with E-state index in [4.69, 9.17) is 4.74 Å². The predicted octanol–water partition coefficient (Wildman–Crippen LogP) is 4.68. The Bertz CT molecular complexity index is 1020. The molecule has 0 fully saturated rings. The zero-order valence-electron chi connectivity index (χ0n) is 18.3. The highest BCUT2D eigenvalue weighted by Gasteiger charge is 2.22. The first-order valence-corrected chi connectivity index (χ1v) is 11.4. The van der Waals surface area contributed by atoms with E-state index in [9.17, 15) is 9.59 Å². The number of carbonyl (C=O) groups is 2. The molecule has 32 heavy (non-hydrogen) atoms. The summed E-state index contributed by atoms with van der Waals surface area (Å²) in [6.45, 7) is 6.89. The molecule has 0 aliphatic rings. The number of benzene rings is 2. The number of aryl methyl sites for hydroxylation is 1. The van der Waals surface area contributed by atoms with Gasteiger partial charge in [-0.15, -0.1) is 17.9 Å². The molecule has 2 aromatic carbocycles. The molecule has 0 spiro atoms. The summed E-state index contributed by atoms with van der Waals surface area (Å²) in [7, 11) is 0. The maximum absolute atomic E-state index is 13.3. The third-order valence-electron chi connectivity index (χ3n) is 5.01. The van der Waals surface area contributed by atoms with Crippen LogP contribution in [0.5, 0.6) is 5.75 Å². The van der Waals surface area contributed by atoms with Crippen molar-refractivity contribution in [3.63, 3.8) is 0 Å². The normalized spacial score (nSPS) is 10.4. The summed E-state index contributed by atoms with van der Waals surface area (Å²) in [5.41, 5.74) is 2.21. The lowest BCUT2D eigenvalue weighted by atomic mass is 10.2. The molecule has 1 heterocycles. The minimum atomic E-state index is -0.255. The molecular weight excluding hydrogens is 420 g/mol. The molecule has 2 amide bonds. The number of ether oxygens (including phenoxy) is 1. The molecule has 1 aromatic heterocycles. The lowest BCUT2D eigenvalue weighted by molar-refractivity contribution is -0.141. The van der Waals surface area contributed by atoms with Crippen LogP contribution in [0, 0.1) is 6.92 Å². The molecule has 0 radical (unpaired) electrons. The number of amides is 2. The second kappa shape index (κ2) is 11.9.